The molecular weight excluding hydrogens is 570 g/mol. The SMILES string of the molecule is C[C@]1(c2ccc(CCC(=O)O)cc2)C(=O)Nc2nc(-c3nn(CCC(F)(F)C(F)(F)F)c4cc(F)ccc34)nc(N)c21. The van der Waals surface area contributed by atoms with Gasteiger partial charge in [0.05, 0.1) is 11.1 Å². The lowest BCUT2D eigenvalue weighted by Crippen LogP contribution is -2.37. The summed E-state index contributed by atoms with van der Waals surface area (Å²) in [5.74, 6) is -7.47. The molecule has 2 aromatic carbocycles. The Labute approximate surface area is 233 Å². The number of carboxylic acid groups (broad SMARTS) is 1. The van der Waals surface area contributed by atoms with Crippen molar-refractivity contribution in [3.63, 3.8) is 0 Å². The summed E-state index contributed by atoms with van der Waals surface area (Å²) in [7, 11) is 0. The first-order valence-corrected chi connectivity index (χ1v) is 12.5. The lowest BCUT2D eigenvalue weighted by atomic mass is 9.77. The molecule has 0 spiro atoms. The van der Waals surface area contributed by atoms with Gasteiger partial charge in [0.2, 0.25) is 5.91 Å². The van der Waals surface area contributed by atoms with Crippen molar-refractivity contribution in [2.45, 2.75) is 50.2 Å². The summed E-state index contributed by atoms with van der Waals surface area (Å²) in [6.45, 7) is 0.706. The minimum Gasteiger partial charge on any atom is -0.481 e. The second-order valence-corrected chi connectivity index (χ2v) is 10.0. The first-order valence-electron chi connectivity index (χ1n) is 12.5. The maximum Gasteiger partial charge on any atom is 0.453 e. The molecule has 4 N–H and O–H groups in total. The number of hydrogen-bond donors (Lipinski definition) is 3. The van der Waals surface area contributed by atoms with E-state index in [1.807, 2.05) is 0 Å². The van der Waals surface area contributed by atoms with Gasteiger partial charge in [0.15, 0.2) is 5.82 Å². The summed E-state index contributed by atoms with van der Waals surface area (Å²) in [4.78, 5) is 32.8. The number of aryl methyl sites for hydroxylation is 2. The minimum absolute atomic E-state index is 0.0355. The van der Waals surface area contributed by atoms with Gasteiger partial charge >= 0.3 is 18.1 Å². The highest BCUT2D eigenvalue weighted by Crippen LogP contribution is 2.45. The van der Waals surface area contributed by atoms with Gasteiger partial charge in [-0.05, 0) is 42.7 Å². The molecule has 0 saturated carbocycles. The molecule has 5 rings (SSSR count). The molecule has 42 heavy (non-hydrogen) atoms. The summed E-state index contributed by atoms with van der Waals surface area (Å²) >= 11 is 0. The number of benzene rings is 2. The second-order valence-electron chi connectivity index (χ2n) is 10.0. The van der Waals surface area contributed by atoms with Crippen molar-refractivity contribution in [1.29, 1.82) is 0 Å². The molecule has 1 aliphatic rings. The summed E-state index contributed by atoms with van der Waals surface area (Å²) < 4.78 is 80.3. The third-order valence-electron chi connectivity index (χ3n) is 7.26. The normalized spacial score (nSPS) is 17.0. The quantitative estimate of drug-likeness (QED) is 0.243. The summed E-state index contributed by atoms with van der Waals surface area (Å²) in [6, 6.07) is 9.97. The smallest absolute Gasteiger partial charge is 0.453 e. The zero-order valence-corrected chi connectivity index (χ0v) is 21.8. The van der Waals surface area contributed by atoms with E-state index in [0.29, 0.717) is 12.0 Å². The Morgan fingerprint density at radius 1 is 1.10 bits per heavy atom. The molecular formula is C27H22F6N6O3. The molecule has 0 bridgehead atoms. The standard InChI is InChI=1S/C27H22F6N6O3/c1-25(14-5-2-13(3-6-14)4-9-18(40)41)19-21(34)35-23(36-22(19)37-24(25)42)20-16-8-7-15(28)12-17(16)39(38-20)11-10-26(29,30)27(31,32)33/h2-3,5-8,12H,4,9-11H2,1H3,(H,40,41)(H3,34,35,36,37,42)/t25-/m1/s1. The van der Waals surface area contributed by atoms with Gasteiger partial charge in [-0.3, -0.25) is 14.3 Å². The molecule has 1 amide bonds. The van der Waals surface area contributed by atoms with Gasteiger partial charge in [-0.15, -0.1) is 0 Å². The molecule has 0 aliphatic carbocycles. The first kappa shape index (κ1) is 28.8. The number of nitrogen functional groups attached to an aromatic ring is 1. The van der Waals surface area contributed by atoms with Gasteiger partial charge in [-0.1, -0.05) is 24.3 Å². The van der Waals surface area contributed by atoms with Gasteiger partial charge in [0.25, 0.3) is 0 Å². The number of nitrogens with zero attached hydrogens (tertiary/aromatic N) is 4. The Balaban J connectivity index is 1.54. The van der Waals surface area contributed by atoms with E-state index >= 15 is 0 Å². The molecule has 0 radical (unpaired) electrons. The fourth-order valence-electron chi connectivity index (χ4n) is 4.92. The van der Waals surface area contributed by atoms with Gasteiger partial charge in [-0.25, -0.2) is 14.4 Å². The van der Waals surface area contributed by atoms with Crippen LogP contribution in [0.2, 0.25) is 0 Å². The highest BCUT2D eigenvalue weighted by molar-refractivity contribution is 6.09. The number of carbonyl (C=O) groups excluding carboxylic acids is 1. The zero-order valence-electron chi connectivity index (χ0n) is 21.8. The number of nitrogens with two attached hydrogens (primary N) is 1. The van der Waals surface area contributed by atoms with Gasteiger partial charge < -0.3 is 16.2 Å². The Morgan fingerprint density at radius 3 is 2.43 bits per heavy atom. The van der Waals surface area contributed by atoms with Crippen LogP contribution < -0.4 is 11.1 Å². The number of fused-ring (bicyclic) bond motifs is 2. The Bertz CT molecular complexity index is 1720. The maximum atomic E-state index is 14.0. The van der Waals surface area contributed by atoms with Crippen molar-refractivity contribution in [2.24, 2.45) is 0 Å². The number of carboxylic acids is 1. The maximum absolute atomic E-state index is 14.0. The van der Waals surface area contributed by atoms with Crippen LogP contribution in [-0.2, 0) is 28.0 Å². The molecule has 220 valence electrons. The fraction of sp³-hybridized carbons (Fsp3) is 0.296. The highest BCUT2D eigenvalue weighted by atomic mass is 19.4. The van der Waals surface area contributed by atoms with Gasteiger partial charge in [0, 0.05) is 24.8 Å². The van der Waals surface area contributed by atoms with E-state index in [9.17, 15) is 35.9 Å². The largest absolute Gasteiger partial charge is 0.481 e. The van der Waals surface area contributed by atoms with Crippen molar-refractivity contribution in [1.82, 2.24) is 19.7 Å². The van der Waals surface area contributed by atoms with Crippen molar-refractivity contribution in [3.8, 4) is 11.5 Å². The first-order chi connectivity index (χ1) is 19.6. The van der Waals surface area contributed by atoms with Crippen LogP contribution in [0.25, 0.3) is 22.4 Å². The molecule has 9 nitrogen and oxygen atoms in total. The van der Waals surface area contributed by atoms with Crippen LogP contribution in [0.3, 0.4) is 0 Å². The van der Waals surface area contributed by atoms with E-state index in [4.69, 9.17) is 10.8 Å². The number of nitrogens with one attached hydrogen (secondary N) is 1. The molecule has 1 aliphatic heterocycles. The molecule has 4 aromatic rings. The van der Waals surface area contributed by atoms with E-state index in [2.05, 4.69) is 20.4 Å². The number of amides is 1. The molecule has 1 atom stereocenters. The Hall–Kier alpha value is -4.69. The topological polar surface area (TPSA) is 136 Å². The average molecular weight is 592 g/mol. The van der Waals surface area contributed by atoms with Crippen LogP contribution >= 0.6 is 0 Å². The predicted octanol–water partition coefficient (Wildman–Crippen LogP) is 5.08. The third-order valence-corrected chi connectivity index (χ3v) is 7.26. The molecule has 15 heteroatoms. The lowest BCUT2D eigenvalue weighted by molar-refractivity contribution is -0.285. The molecule has 3 heterocycles. The third kappa shape index (κ3) is 4.88. The van der Waals surface area contributed by atoms with E-state index in [0.717, 1.165) is 22.4 Å². The van der Waals surface area contributed by atoms with Crippen LogP contribution in [0.15, 0.2) is 42.5 Å². The van der Waals surface area contributed by atoms with Crippen LogP contribution in [0.4, 0.5) is 38.0 Å². The predicted molar refractivity (Wildman–Crippen MR) is 138 cm³/mol. The average Bonchev–Trinajstić information content (AvgIpc) is 3.40. The van der Waals surface area contributed by atoms with Gasteiger partial charge in [0.1, 0.15) is 28.6 Å². The number of rotatable bonds is 8. The van der Waals surface area contributed by atoms with Gasteiger partial charge in [-0.2, -0.15) is 27.1 Å². The van der Waals surface area contributed by atoms with E-state index in [1.54, 1.807) is 31.2 Å². The summed E-state index contributed by atoms with van der Waals surface area (Å²) in [5.41, 5.74) is 6.35. The number of anilines is 2. The number of hydrogen-bond acceptors (Lipinski definition) is 6. The summed E-state index contributed by atoms with van der Waals surface area (Å²) in [5, 5.41) is 15.8. The van der Waals surface area contributed by atoms with Crippen LogP contribution in [0.1, 0.15) is 36.5 Å². The molecule has 0 unspecified atom stereocenters. The van der Waals surface area contributed by atoms with E-state index < -0.39 is 48.2 Å². The zero-order chi connectivity index (χ0) is 30.6. The van der Waals surface area contributed by atoms with E-state index in [1.165, 1.54) is 6.07 Å². The van der Waals surface area contributed by atoms with Crippen molar-refractivity contribution < 1.29 is 41.0 Å². The number of alkyl halides is 5. The molecule has 0 saturated heterocycles. The Morgan fingerprint density at radius 2 is 1.79 bits per heavy atom. The summed E-state index contributed by atoms with van der Waals surface area (Å²) in [6.07, 6.45) is -7.18. The lowest BCUT2D eigenvalue weighted by Gasteiger charge is -2.23. The Kier molecular flexibility index (Phi) is 6.86. The number of aromatic nitrogens is 4. The number of carbonyl (C=O) groups is 2. The fourth-order valence-corrected chi connectivity index (χ4v) is 4.92. The number of aliphatic carboxylic acids is 1. The van der Waals surface area contributed by atoms with Crippen LogP contribution in [0, 0.1) is 5.82 Å². The van der Waals surface area contributed by atoms with E-state index in [-0.39, 0.29) is 46.0 Å². The highest BCUT2D eigenvalue weighted by Gasteiger charge is 2.56. The minimum atomic E-state index is -5.77. The second kappa shape index (κ2) is 9.99. The molecule has 0 fully saturated rings. The van der Waals surface area contributed by atoms with Crippen LogP contribution in [-0.4, -0.2) is 48.8 Å². The van der Waals surface area contributed by atoms with Crippen molar-refractivity contribution >= 4 is 34.4 Å². The van der Waals surface area contributed by atoms with Crippen molar-refractivity contribution in [3.05, 3.63) is 65.0 Å². The van der Waals surface area contributed by atoms with Crippen LogP contribution in [0.5, 0.6) is 0 Å². The molecule has 2 aromatic heterocycles. The monoisotopic (exact) mass is 592 g/mol. The number of halogens is 6. The van der Waals surface area contributed by atoms with Crippen molar-refractivity contribution in [2.75, 3.05) is 11.1 Å².